The molecule has 1 aromatic heterocycles. The number of likely N-dealkylation sites (tertiary alicyclic amines) is 1. The van der Waals surface area contributed by atoms with Crippen LogP contribution < -0.4 is 4.90 Å². The highest BCUT2D eigenvalue weighted by molar-refractivity contribution is 6.32. The van der Waals surface area contributed by atoms with Gasteiger partial charge in [0.2, 0.25) is 5.88 Å². The Morgan fingerprint density at radius 3 is 2.39 bits per heavy atom. The zero-order valence-corrected chi connectivity index (χ0v) is 17.3. The number of anilines is 1. The van der Waals surface area contributed by atoms with E-state index in [1.807, 2.05) is 0 Å². The Labute approximate surface area is 181 Å². The number of fused-ring (bicyclic) bond motifs is 1. The van der Waals surface area contributed by atoms with Gasteiger partial charge in [0.1, 0.15) is 5.58 Å². The lowest BCUT2D eigenvalue weighted by molar-refractivity contribution is -0.0494. The van der Waals surface area contributed by atoms with Crippen LogP contribution in [0.3, 0.4) is 0 Å². The predicted octanol–water partition coefficient (Wildman–Crippen LogP) is 5.74. The molecule has 0 radical (unpaired) electrons. The van der Waals surface area contributed by atoms with Gasteiger partial charge >= 0.3 is 6.09 Å². The Kier molecular flexibility index (Phi) is 5.35. The second-order valence-electron chi connectivity index (χ2n) is 7.52. The number of hydrogen-bond donors (Lipinski definition) is 1. The maximum absolute atomic E-state index is 13.3. The lowest BCUT2D eigenvalue weighted by atomic mass is 9.99. The van der Waals surface area contributed by atoms with Crippen molar-refractivity contribution in [2.45, 2.75) is 18.8 Å². The van der Waals surface area contributed by atoms with Gasteiger partial charge in [0.05, 0.1) is 0 Å². The predicted molar refractivity (Wildman–Crippen MR) is 113 cm³/mol. The Bertz CT molecular complexity index is 1150. The van der Waals surface area contributed by atoms with Gasteiger partial charge in [0.15, 0.2) is 0 Å². The standard InChI is InChI=1S/C22H19ClF2N2O4/c1-26(21(29)30)19-12-17-16(10-15(23)11-18(17)31-19)13-2-4-14(5-3-13)20(28)27-8-6-22(24,25)7-9-27/h2-5,10-12H,6-9H2,1H3,(H,29,30). The van der Waals surface area contributed by atoms with Crippen LogP contribution in [0, 0.1) is 0 Å². The summed E-state index contributed by atoms with van der Waals surface area (Å²) in [5.74, 6) is -2.84. The van der Waals surface area contributed by atoms with Gasteiger partial charge in [-0.2, -0.15) is 0 Å². The zero-order chi connectivity index (χ0) is 22.3. The van der Waals surface area contributed by atoms with Crippen molar-refractivity contribution in [2.75, 3.05) is 25.0 Å². The van der Waals surface area contributed by atoms with Gasteiger partial charge in [0, 0.05) is 61.1 Å². The van der Waals surface area contributed by atoms with Gasteiger partial charge in [-0.1, -0.05) is 23.7 Å². The first-order chi connectivity index (χ1) is 14.6. The molecule has 31 heavy (non-hydrogen) atoms. The van der Waals surface area contributed by atoms with Crippen LogP contribution in [0.15, 0.2) is 46.9 Å². The molecule has 0 aliphatic carbocycles. The van der Waals surface area contributed by atoms with Crippen LogP contribution in [0.5, 0.6) is 0 Å². The SMILES string of the molecule is CN(C(=O)O)c1cc2c(-c3ccc(C(=O)N4CCC(F)(F)CC4)cc3)cc(Cl)cc2o1. The van der Waals surface area contributed by atoms with E-state index in [-0.39, 0.29) is 37.7 Å². The molecule has 0 saturated carbocycles. The molecule has 9 heteroatoms. The fraction of sp³-hybridized carbons (Fsp3) is 0.273. The quantitative estimate of drug-likeness (QED) is 0.554. The number of benzene rings is 2. The van der Waals surface area contributed by atoms with Crippen molar-refractivity contribution >= 4 is 40.5 Å². The van der Waals surface area contributed by atoms with Crippen molar-refractivity contribution in [1.29, 1.82) is 0 Å². The van der Waals surface area contributed by atoms with Crippen molar-refractivity contribution in [2.24, 2.45) is 0 Å². The highest BCUT2D eigenvalue weighted by Crippen LogP contribution is 2.37. The van der Waals surface area contributed by atoms with Crippen molar-refractivity contribution in [3.63, 3.8) is 0 Å². The number of alkyl halides is 2. The van der Waals surface area contributed by atoms with Crippen LogP contribution in [0.2, 0.25) is 5.02 Å². The molecular formula is C22H19ClF2N2O4. The largest absolute Gasteiger partial charge is 0.465 e. The average molecular weight is 449 g/mol. The molecule has 0 bridgehead atoms. The molecule has 1 aliphatic rings. The molecule has 1 fully saturated rings. The summed E-state index contributed by atoms with van der Waals surface area (Å²) in [4.78, 5) is 26.3. The summed E-state index contributed by atoms with van der Waals surface area (Å²) >= 11 is 6.22. The minimum atomic E-state index is -2.71. The minimum absolute atomic E-state index is 0.0252. The summed E-state index contributed by atoms with van der Waals surface area (Å²) in [5.41, 5.74) is 2.30. The van der Waals surface area contributed by atoms with Crippen molar-refractivity contribution in [3.05, 3.63) is 53.1 Å². The van der Waals surface area contributed by atoms with Crippen LogP contribution >= 0.6 is 11.6 Å². The average Bonchev–Trinajstić information content (AvgIpc) is 3.16. The maximum Gasteiger partial charge on any atom is 0.413 e. The Hall–Kier alpha value is -3.13. The van der Waals surface area contributed by atoms with E-state index in [4.69, 9.17) is 16.0 Å². The second kappa shape index (κ2) is 7.85. The van der Waals surface area contributed by atoms with E-state index in [9.17, 15) is 23.5 Å². The molecular weight excluding hydrogens is 430 g/mol. The number of furan rings is 1. The summed E-state index contributed by atoms with van der Waals surface area (Å²) in [6.45, 7) is 0.0504. The van der Waals surface area contributed by atoms with Gasteiger partial charge in [-0.25, -0.2) is 13.6 Å². The molecule has 0 atom stereocenters. The number of amides is 2. The fourth-order valence-electron chi connectivity index (χ4n) is 3.60. The highest BCUT2D eigenvalue weighted by Gasteiger charge is 2.35. The molecule has 162 valence electrons. The Morgan fingerprint density at radius 1 is 1.13 bits per heavy atom. The van der Waals surface area contributed by atoms with E-state index >= 15 is 0 Å². The highest BCUT2D eigenvalue weighted by atomic mass is 35.5. The number of halogens is 3. The summed E-state index contributed by atoms with van der Waals surface area (Å²) in [6, 6.07) is 11.7. The Balaban J connectivity index is 1.63. The summed E-state index contributed by atoms with van der Waals surface area (Å²) in [5, 5.41) is 10.3. The van der Waals surface area contributed by atoms with Gasteiger partial charge in [0.25, 0.3) is 11.8 Å². The maximum atomic E-state index is 13.3. The summed E-state index contributed by atoms with van der Waals surface area (Å²) in [6.07, 6.45) is -1.82. The molecule has 1 N–H and O–H groups in total. The third-order valence-electron chi connectivity index (χ3n) is 5.43. The number of carbonyl (C=O) groups excluding carboxylic acids is 1. The third-order valence-corrected chi connectivity index (χ3v) is 5.65. The molecule has 2 heterocycles. The molecule has 1 aliphatic heterocycles. The third kappa shape index (κ3) is 4.20. The Morgan fingerprint density at radius 2 is 1.77 bits per heavy atom. The molecule has 0 spiro atoms. The van der Waals surface area contributed by atoms with Crippen LogP contribution in [-0.4, -0.2) is 48.1 Å². The molecule has 0 unspecified atom stereocenters. The smallest absolute Gasteiger partial charge is 0.413 e. The van der Waals surface area contributed by atoms with E-state index in [0.717, 1.165) is 10.5 Å². The van der Waals surface area contributed by atoms with E-state index in [2.05, 4.69) is 0 Å². The topological polar surface area (TPSA) is 74.0 Å². The first kappa shape index (κ1) is 21.1. The van der Waals surface area contributed by atoms with Gasteiger partial charge in [-0.3, -0.25) is 9.69 Å². The molecule has 2 aromatic carbocycles. The van der Waals surface area contributed by atoms with Crippen molar-refractivity contribution < 1.29 is 27.9 Å². The number of carbonyl (C=O) groups is 2. The number of piperidine rings is 1. The summed E-state index contributed by atoms with van der Waals surface area (Å²) < 4.78 is 32.3. The van der Waals surface area contributed by atoms with Gasteiger partial charge < -0.3 is 14.4 Å². The molecule has 2 amide bonds. The summed E-state index contributed by atoms with van der Waals surface area (Å²) in [7, 11) is 1.37. The fourth-order valence-corrected chi connectivity index (χ4v) is 3.81. The van der Waals surface area contributed by atoms with Crippen LogP contribution in [0.1, 0.15) is 23.2 Å². The second-order valence-corrected chi connectivity index (χ2v) is 7.95. The van der Waals surface area contributed by atoms with Crippen LogP contribution in [0.25, 0.3) is 22.1 Å². The number of rotatable bonds is 3. The van der Waals surface area contributed by atoms with Crippen molar-refractivity contribution in [3.8, 4) is 11.1 Å². The van der Waals surface area contributed by atoms with Gasteiger partial charge in [-0.05, 0) is 29.3 Å². The molecule has 3 aromatic rings. The first-order valence-corrected chi connectivity index (χ1v) is 10.00. The van der Waals surface area contributed by atoms with Crippen molar-refractivity contribution in [1.82, 2.24) is 4.90 Å². The lowest BCUT2D eigenvalue weighted by Gasteiger charge is -2.31. The number of hydrogen-bond acceptors (Lipinski definition) is 3. The molecule has 6 nitrogen and oxygen atoms in total. The van der Waals surface area contributed by atoms with E-state index in [1.54, 1.807) is 42.5 Å². The van der Waals surface area contributed by atoms with Crippen LogP contribution in [0.4, 0.5) is 19.5 Å². The van der Waals surface area contributed by atoms with Crippen LogP contribution in [-0.2, 0) is 0 Å². The first-order valence-electron chi connectivity index (χ1n) is 9.62. The molecule has 1 saturated heterocycles. The normalized spacial score (nSPS) is 15.8. The van der Waals surface area contributed by atoms with E-state index in [0.29, 0.717) is 27.1 Å². The minimum Gasteiger partial charge on any atom is -0.465 e. The number of nitrogens with zero attached hydrogens (tertiary/aromatic N) is 2. The zero-order valence-electron chi connectivity index (χ0n) is 16.6. The monoisotopic (exact) mass is 448 g/mol. The van der Waals surface area contributed by atoms with E-state index in [1.165, 1.54) is 11.9 Å². The van der Waals surface area contributed by atoms with E-state index < -0.39 is 12.0 Å². The van der Waals surface area contributed by atoms with Gasteiger partial charge in [-0.15, -0.1) is 0 Å². The molecule has 4 rings (SSSR count). The lowest BCUT2D eigenvalue weighted by Crippen LogP contribution is -2.42. The number of carboxylic acid groups (broad SMARTS) is 1.